The van der Waals surface area contributed by atoms with Gasteiger partial charge in [-0.05, 0) is 42.5 Å². The lowest BCUT2D eigenvalue weighted by Crippen LogP contribution is -2.51. The number of rotatable bonds is 12. The van der Waals surface area contributed by atoms with Crippen LogP contribution in [0.25, 0.3) is 0 Å². The monoisotopic (exact) mass is 487 g/mol. The third kappa shape index (κ3) is 7.87. The number of carbonyl (C=O) groups is 2. The highest BCUT2D eigenvalue weighted by Crippen LogP contribution is 2.22. The molecule has 0 unspecified atom stereocenters. The molecular weight excluding hydrogens is 450 g/mol. The Morgan fingerprint density at radius 2 is 1.59 bits per heavy atom. The lowest BCUT2D eigenvalue weighted by molar-refractivity contribution is -0.139. The smallest absolute Gasteiger partial charge is 0.244 e. The van der Waals surface area contributed by atoms with Crippen LogP contribution < -0.4 is 9.62 Å². The van der Waals surface area contributed by atoms with E-state index in [1.807, 2.05) is 49.4 Å². The minimum Gasteiger partial charge on any atom is -0.354 e. The van der Waals surface area contributed by atoms with Crippen LogP contribution >= 0.6 is 0 Å². The van der Waals surface area contributed by atoms with Crippen molar-refractivity contribution < 1.29 is 18.0 Å². The maximum Gasteiger partial charge on any atom is 0.244 e. The number of nitrogens with zero attached hydrogens (tertiary/aromatic N) is 2. The van der Waals surface area contributed by atoms with Crippen LogP contribution in [0.4, 0.5) is 5.69 Å². The third-order valence-electron chi connectivity index (χ3n) is 5.72. The van der Waals surface area contributed by atoms with Crippen molar-refractivity contribution in [2.45, 2.75) is 59.0 Å². The minimum atomic E-state index is -3.73. The van der Waals surface area contributed by atoms with Gasteiger partial charge in [0.05, 0.1) is 11.9 Å². The molecular formula is C26H37N3O4S. The predicted octanol–water partition coefficient (Wildman–Crippen LogP) is 3.91. The molecule has 1 atom stereocenters. The second-order valence-corrected chi connectivity index (χ2v) is 10.8. The van der Waals surface area contributed by atoms with E-state index in [0.29, 0.717) is 18.2 Å². The summed E-state index contributed by atoms with van der Waals surface area (Å²) >= 11 is 0. The number of unbranched alkanes of at least 4 members (excludes halogenated alkanes) is 1. The van der Waals surface area contributed by atoms with Crippen molar-refractivity contribution in [1.29, 1.82) is 0 Å². The number of anilines is 1. The molecule has 0 bridgehead atoms. The van der Waals surface area contributed by atoms with Crippen LogP contribution in [0, 0.1) is 0 Å². The SMILES string of the molecule is CCCCNC(=O)[C@@H](C)N(Cc1ccccc1)C(=O)CN(c1ccc(C(C)C)cc1)S(C)(=O)=O. The van der Waals surface area contributed by atoms with Crippen LogP contribution in [0.15, 0.2) is 54.6 Å². The fourth-order valence-corrected chi connectivity index (χ4v) is 4.39. The molecule has 0 aromatic heterocycles. The van der Waals surface area contributed by atoms with E-state index in [0.717, 1.165) is 34.5 Å². The first-order chi connectivity index (χ1) is 16.0. The van der Waals surface area contributed by atoms with Crippen molar-refractivity contribution in [3.8, 4) is 0 Å². The van der Waals surface area contributed by atoms with Crippen molar-refractivity contribution in [2.75, 3.05) is 23.7 Å². The van der Waals surface area contributed by atoms with Gasteiger partial charge in [0, 0.05) is 13.1 Å². The van der Waals surface area contributed by atoms with E-state index >= 15 is 0 Å². The second kappa shape index (κ2) is 12.6. The maximum atomic E-state index is 13.5. The summed E-state index contributed by atoms with van der Waals surface area (Å²) < 4.78 is 26.3. The highest BCUT2D eigenvalue weighted by atomic mass is 32.2. The number of amides is 2. The number of sulfonamides is 1. The Balaban J connectivity index is 2.32. The predicted molar refractivity (Wildman–Crippen MR) is 137 cm³/mol. The molecule has 0 saturated heterocycles. The van der Waals surface area contributed by atoms with Crippen LogP contribution in [0.5, 0.6) is 0 Å². The van der Waals surface area contributed by atoms with Gasteiger partial charge in [-0.2, -0.15) is 0 Å². The second-order valence-electron chi connectivity index (χ2n) is 8.84. The Kier molecular flexibility index (Phi) is 10.1. The van der Waals surface area contributed by atoms with Crippen LogP contribution in [-0.2, 0) is 26.2 Å². The zero-order chi connectivity index (χ0) is 25.3. The van der Waals surface area contributed by atoms with E-state index in [-0.39, 0.29) is 19.0 Å². The number of hydrogen-bond acceptors (Lipinski definition) is 4. The Morgan fingerprint density at radius 1 is 0.971 bits per heavy atom. The lowest BCUT2D eigenvalue weighted by Gasteiger charge is -2.31. The zero-order valence-electron chi connectivity index (χ0n) is 20.8. The van der Waals surface area contributed by atoms with E-state index in [1.54, 1.807) is 19.1 Å². The highest BCUT2D eigenvalue weighted by Gasteiger charge is 2.30. The van der Waals surface area contributed by atoms with Gasteiger partial charge in [0.25, 0.3) is 0 Å². The summed E-state index contributed by atoms with van der Waals surface area (Å²) in [6, 6.07) is 15.8. The largest absolute Gasteiger partial charge is 0.354 e. The first kappa shape index (κ1) is 27.4. The average molecular weight is 488 g/mol. The molecule has 2 aromatic carbocycles. The maximum absolute atomic E-state index is 13.5. The van der Waals surface area contributed by atoms with Gasteiger partial charge in [0.1, 0.15) is 12.6 Å². The van der Waals surface area contributed by atoms with Gasteiger partial charge in [-0.1, -0.05) is 69.7 Å². The summed E-state index contributed by atoms with van der Waals surface area (Å²) in [7, 11) is -3.73. The summed E-state index contributed by atoms with van der Waals surface area (Å²) in [5.74, 6) is -0.402. The van der Waals surface area contributed by atoms with E-state index in [2.05, 4.69) is 19.2 Å². The van der Waals surface area contributed by atoms with Gasteiger partial charge in [-0.25, -0.2) is 8.42 Å². The van der Waals surface area contributed by atoms with Gasteiger partial charge < -0.3 is 10.2 Å². The van der Waals surface area contributed by atoms with E-state index < -0.39 is 22.0 Å². The number of hydrogen-bond donors (Lipinski definition) is 1. The molecule has 2 amide bonds. The highest BCUT2D eigenvalue weighted by molar-refractivity contribution is 7.92. The van der Waals surface area contributed by atoms with Crippen LogP contribution in [0.1, 0.15) is 57.6 Å². The molecule has 0 fully saturated rings. The quantitative estimate of drug-likeness (QED) is 0.460. The molecule has 1 N–H and O–H groups in total. The van der Waals surface area contributed by atoms with Crippen molar-refractivity contribution in [3.63, 3.8) is 0 Å². The van der Waals surface area contributed by atoms with E-state index in [4.69, 9.17) is 0 Å². The molecule has 186 valence electrons. The lowest BCUT2D eigenvalue weighted by atomic mass is 10.0. The van der Waals surface area contributed by atoms with Crippen LogP contribution in [0.3, 0.4) is 0 Å². The Labute approximate surface area is 204 Å². The summed E-state index contributed by atoms with van der Waals surface area (Å²) in [4.78, 5) is 27.7. The molecule has 0 radical (unpaired) electrons. The Morgan fingerprint density at radius 3 is 2.12 bits per heavy atom. The van der Waals surface area contributed by atoms with Gasteiger partial charge in [0.2, 0.25) is 21.8 Å². The Bertz CT molecular complexity index is 1040. The fraction of sp³-hybridized carbons (Fsp3) is 0.462. The summed E-state index contributed by atoms with van der Waals surface area (Å²) in [6.45, 7) is 8.16. The summed E-state index contributed by atoms with van der Waals surface area (Å²) in [5, 5.41) is 2.87. The van der Waals surface area contributed by atoms with E-state index in [1.165, 1.54) is 4.90 Å². The molecule has 7 nitrogen and oxygen atoms in total. The van der Waals surface area contributed by atoms with Gasteiger partial charge in [-0.15, -0.1) is 0 Å². The van der Waals surface area contributed by atoms with Crippen LogP contribution in [0.2, 0.25) is 0 Å². The number of carbonyl (C=O) groups excluding carboxylic acids is 2. The van der Waals surface area contributed by atoms with Crippen molar-refractivity contribution in [3.05, 3.63) is 65.7 Å². The molecule has 8 heteroatoms. The fourth-order valence-electron chi connectivity index (χ4n) is 3.54. The first-order valence-corrected chi connectivity index (χ1v) is 13.6. The molecule has 2 rings (SSSR count). The molecule has 0 aliphatic rings. The van der Waals surface area contributed by atoms with Gasteiger partial charge >= 0.3 is 0 Å². The molecule has 0 aliphatic heterocycles. The third-order valence-corrected chi connectivity index (χ3v) is 6.86. The topological polar surface area (TPSA) is 86.8 Å². The van der Waals surface area contributed by atoms with Gasteiger partial charge in [0.15, 0.2) is 0 Å². The molecule has 0 heterocycles. The molecule has 2 aromatic rings. The van der Waals surface area contributed by atoms with Crippen molar-refractivity contribution in [1.82, 2.24) is 10.2 Å². The van der Waals surface area contributed by atoms with Crippen molar-refractivity contribution in [2.24, 2.45) is 0 Å². The zero-order valence-corrected chi connectivity index (χ0v) is 21.6. The number of nitrogens with one attached hydrogen (secondary N) is 1. The standard InChI is InChI=1S/C26H37N3O4S/c1-6-7-17-27-26(31)21(4)28(18-22-11-9-8-10-12-22)25(30)19-29(34(5,32)33)24-15-13-23(14-16-24)20(2)3/h8-16,20-21H,6-7,17-19H2,1-5H3,(H,27,31)/t21-/m1/s1. The first-order valence-electron chi connectivity index (χ1n) is 11.7. The van der Waals surface area contributed by atoms with Crippen molar-refractivity contribution >= 4 is 27.5 Å². The summed E-state index contributed by atoms with van der Waals surface area (Å²) in [5.41, 5.74) is 2.35. The molecule has 34 heavy (non-hydrogen) atoms. The average Bonchev–Trinajstić information content (AvgIpc) is 2.80. The summed E-state index contributed by atoms with van der Waals surface area (Å²) in [6.07, 6.45) is 2.87. The molecule has 0 spiro atoms. The Hall–Kier alpha value is -2.87. The van der Waals surface area contributed by atoms with E-state index in [9.17, 15) is 18.0 Å². The number of benzene rings is 2. The molecule has 0 aliphatic carbocycles. The van der Waals surface area contributed by atoms with Gasteiger partial charge in [-0.3, -0.25) is 13.9 Å². The normalized spacial score (nSPS) is 12.3. The van der Waals surface area contributed by atoms with Crippen LogP contribution in [-0.4, -0.2) is 50.5 Å². The molecule has 0 saturated carbocycles. The minimum absolute atomic E-state index is 0.200.